The van der Waals surface area contributed by atoms with Crippen LogP contribution < -0.4 is 5.32 Å². The number of nitrogens with one attached hydrogen (secondary N) is 1. The zero-order chi connectivity index (χ0) is 18.5. The van der Waals surface area contributed by atoms with Crippen LogP contribution in [0.1, 0.15) is 10.4 Å². The van der Waals surface area contributed by atoms with Crippen molar-refractivity contribution in [3.63, 3.8) is 0 Å². The van der Waals surface area contributed by atoms with Gasteiger partial charge in [0.15, 0.2) is 0 Å². The lowest BCUT2D eigenvalue weighted by Crippen LogP contribution is -2.41. The van der Waals surface area contributed by atoms with Crippen molar-refractivity contribution in [2.24, 2.45) is 0 Å². The van der Waals surface area contributed by atoms with Crippen LogP contribution in [0.3, 0.4) is 0 Å². The first kappa shape index (κ1) is 17.6. The van der Waals surface area contributed by atoms with E-state index in [1.54, 1.807) is 12.4 Å². The molecule has 0 bridgehead atoms. The quantitative estimate of drug-likeness (QED) is 0.755. The first-order chi connectivity index (χ1) is 13.3. The molecule has 2 aromatic heterocycles. The molecular weight excluding hydrogens is 340 g/mol. The van der Waals surface area contributed by atoms with E-state index in [9.17, 15) is 4.79 Å². The molecule has 1 fully saturated rings. The minimum absolute atomic E-state index is 0.0721. The summed E-state index contributed by atoms with van der Waals surface area (Å²) in [5.74, 6) is -0.0721. The molecule has 6 nitrogen and oxygen atoms in total. The summed E-state index contributed by atoms with van der Waals surface area (Å²) in [6.45, 7) is 4.80. The number of hydrogen-bond acceptors (Lipinski definition) is 5. The highest BCUT2D eigenvalue weighted by Gasteiger charge is 2.15. The predicted octanol–water partition coefficient (Wildman–Crippen LogP) is 2.36. The maximum Gasteiger partial charge on any atom is 0.252 e. The summed E-state index contributed by atoms with van der Waals surface area (Å²) >= 11 is 0. The monoisotopic (exact) mass is 362 g/mol. The second-order valence-corrected chi connectivity index (χ2v) is 6.52. The number of amides is 1. The van der Waals surface area contributed by atoms with E-state index in [0.29, 0.717) is 12.1 Å². The van der Waals surface area contributed by atoms with Gasteiger partial charge in [0, 0.05) is 49.5 Å². The third kappa shape index (κ3) is 4.13. The normalized spacial score (nSPS) is 15.0. The second-order valence-electron chi connectivity index (χ2n) is 6.52. The second kappa shape index (κ2) is 8.24. The number of hydrogen-bond donors (Lipinski definition) is 1. The minimum Gasteiger partial charge on any atom is -0.379 e. The molecule has 0 saturated carbocycles. The number of fused-ring (bicyclic) bond motifs is 1. The van der Waals surface area contributed by atoms with E-state index in [2.05, 4.69) is 15.2 Å². The smallest absolute Gasteiger partial charge is 0.252 e. The lowest BCUT2D eigenvalue weighted by atomic mass is 10.0. The van der Waals surface area contributed by atoms with E-state index in [-0.39, 0.29) is 5.91 Å². The number of aromatic nitrogens is 2. The molecular formula is C21H22N4O2. The van der Waals surface area contributed by atoms with Crippen LogP contribution >= 0.6 is 0 Å². The summed E-state index contributed by atoms with van der Waals surface area (Å²) in [5, 5.41) is 3.92. The van der Waals surface area contributed by atoms with Crippen LogP contribution in [-0.4, -0.2) is 60.2 Å². The third-order valence-corrected chi connectivity index (χ3v) is 4.75. The highest BCUT2D eigenvalue weighted by atomic mass is 16.5. The molecule has 4 rings (SSSR count). The van der Waals surface area contributed by atoms with E-state index in [1.165, 1.54) is 0 Å². The Morgan fingerprint density at radius 2 is 1.89 bits per heavy atom. The first-order valence-electron chi connectivity index (χ1n) is 9.20. The highest BCUT2D eigenvalue weighted by Crippen LogP contribution is 2.24. The number of pyridine rings is 2. The van der Waals surface area contributed by atoms with Crippen molar-refractivity contribution in [3.05, 3.63) is 60.4 Å². The SMILES string of the molecule is O=C(NCCN1CCOCC1)c1cc(-c2ccncc2)nc2ccccc12. The molecule has 0 unspecified atom stereocenters. The lowest BCUT2D eigenvalue weighted by Gasteiger charge is -2.26. The van der Waals surface area contributed by atoms with Crippen molar-refractivity contribution in [2.75, 3.05) is 39.4 Å². The van der Waals surface area contributed by atoms with E-state index in [0.717, 1.165) is 55.0 Å². The summed E-state index contributed by atoms with van der Waals surface area (Å²) in [5.41, 5.74) is 3.17. The van der Waals surface area contributed by atoms with Crippen molar-refractivity contribution >= 4 is 16.8 Å². The molecule has 0 aliphatic carbocycles. The van der Waals surface area contributed by atoms with Gasteiger partial charge in [0.1, 0.15) is 0 Å². The fraction of sp³-hybridized carbons (Fsp3) is 0.286. The molecule has 138 valence electrons. The van der Waals surface area contributed by atoms with E-state index >= 15 is 0 Å². The third-order valence-electron chi connectivity index (χ3n) is 4.75. The van der Waals surface area contributed by atoms with Crippen molar-refractivity contribution in [1.82, 2.24) is 20.2 Å². The standard InChI is InChI=1S/C21H22N4O2/c26-21(23-9-10-25-11-13-27-14-12-25)18-15-20(16-5-7-22-8-6-16)24-19-4-2-1-3-17(18)19/h1-8,15H,9-14H2,(H,23,26). The van der Waals surface area contributed by atoms with Gasteiger partial charge in [-0.3, -0.25) is 14.7 Å². The predicted molar refractivity (Wildman–Crippen MR) is 105 cm³/mol. The number of nitrogens with zero attached hydrogens (tertiary/aromatic N) is 3. The number of benzene rings is 1. The Bertz CT molecular complexity index is 924. The van der Waals surface area contributed by atoms with Gasteiger partial charge in [0.2, 0.25) is 0 Å². The number of ether oxygens (including phenoxy) is 1. The molecule has 0 spiro atoms. The number of carbonyl (C=O) groups excluding carboxylic acids is 1. The molecule has 1 N–H and O–H groups in total. The fourth-order valence-electron chi connectivity index (χ4n) is 3.28. The molecule has 6 heteroatoms. The highest BCUT2D eigenvalue weighted by molar-refractivity contribution is 6.07. The van der Waals surface area contributed by atoms with Crippen LogP contribution in [0, 0.1) is 0 Å². The summed E-state index contributed by atoms with van der Waals surface area (Å²) in [6.07, 6.45) is 3.46. The van der Waals surface area contributed by atoms with Gasteiger partial charge in [-0.25, -0.2) is 4.98 Å². The van der Waals surface area contributed by atoms with Gasteiger partial charge >= 0.3 is 0 Å². The summed E-state index contributed by atoms with van der Waals surface area (Å²) < 4.78 is 5.36. The largest absolute Gasteiger partial charge is 0.379 e. The number of para-hydroxylation sites is 1. The Labute approximate surface area is 158 Å². The molecule has 0 atom stereocenters. The summed E-state index contributed by atoms with van der Waals surface area (Å²) in [4.78, 5) is 24.0. The van der Waals surface area contributed by atoms with Gasteiger partial charge in [0.25, 0.3) is 5.91 Å². The van der Waals surface area contributed by atoms with Crippen LogP contribution in [0.2, 0.25) is 0 Å². The molecule has 3 heterocycles. The molecule has 1 aliphatic rings. The Hall–Kier alpha value is -2.83. The van der Waals surface area contributed by atoms with Gasteiger partial charge < -0.3 is 10.1 Å². The van der Waals surface area contributed by atoms with E-state index in [4.69, 9.17) is 9.72 Å². The average Bonchev–Trinajstić information content (AvgIpc) is 2.74. The zero-order valence-electron chi connectivity index (χ0n) is 15.1. The Morgan fingerprint density at radius 3 is 2.70 bits per heavy atom. The molecule has 0 radical (unpaired) electrons. The molecule has 1 amide bonds. The van der Waals surface area contributed by atoms with Crippen LogP contribution in [0.4, 0.5) is 0 Å². The topological polar surface area (TPSA) is 67.4 Å². The molecule has 1 saturated heterocycles. The van der Waals surface area contributed by atoms with Crippen LogP contribution in [-0.2, 0) is 4.74 Å². The van der Waals surface area contributed by atoms with Crippen molar-refractivity contribution in [1.29, 1.82) is 0 Å². The Balaban J connectivity index is 1.56. The van der Waals surface area contributed by atoms with Crippen molar-refractivity contribution < 1.29 is 9.53 Å². The Kier molecular flexibility index (Phi) is 5.37. The molecule has 1 aromatic carbocycles. The molecule has 3 aromatic rings. The number of rotatable bonds is 5. The molecule has 1 aliphatic heterocycles. The number of carbonyl (C=O) groups is 1. The fourth-order valence-corrected chi connectivity index (χ4v) is 3.28. The lowest BCUT2D eigenvalue weighted by molar-refractivity contribution is 0.0383. The first-order valence-corrected chi connectivity index (χ1v) is 9.20. The van der Waals surface area contributed by atoms with Gasteiger partial charge in [-0.1, -0.05) is 18.2 Å². The van der Waals surface area contributed by atoms with Crippen molar-refractivity contribution in [2.45, 2.75) is 0 Å². The maximum absolute atomic E-state index is 12.9. The summed E-state index contributed by atoms with van der Waals surface area (Å²) in [7, 11) is 0. The van der Waals surface area contributed by atoms with Crippen LogP contribution in [0.15, 0.2) is 54.9 Å². The van der Waals surface area contributed by atoms with Gasteiger partial charge in [0.05, 0.1) is 30.0 Å². The van der Waals surface area contributed by atoms with Crippen LogP contribution in [0.25, 0.3) is 22.2 Å². The van der Waals surface area contributed by atoms with Gasteiger partial charge in [-0.2, -0.15) is 0 Å². The van der Waals surface area contributed by atoms with Crippen LogP contribution in [0.5, 0.6) is 0 Å². The average molecular weight is 362 g/mol. The number of morpholine rings is 1. The maximum atomic E-state index is 12.9. The Morgan fingerprint density at radius 1 is 1.11 bits per heavy atom. The van der Waals surface area contributed by atoms with Gasteiger partial charge in [-0.05, 0) is 24.3 Å². The van der Waals surface area contributed by atoms with E-state index in [1.807, 2.05) is 42.5 Å². The summed E-state index contributed by atoms with van der Waals surface area (Å²) in [6, 6.07) is 13.4. The van der Waals surface area contributed by atoms with Crippen molar-refractivity contribution in [3.8, 4) is 11.3 Å². The van der Waals surface area contributed by atoms with E-state index < -0.39 is 0 Å². The molecule has 27 heavy (non-hydrogen) atoms. The minimum atomic E-state index is -0.0721. The zero-order valence-corrected chi connectivity index (χ0v) is 15.1. The van der Waals surface area contributed by atoms with Gasteiger partial charge in [-0.15, -0.1) is 0 Å².